The van der Waals surface area contributed by atoms with Crippen LogP contribution in [0.3, 0.4) is 0 Å². The number of aryl methyl sites for hydroxylation is 1. The Labute approximate surface area is 242 Å². The third kappa shape index (κ3) is 5.58. The summed E-state index contributed by atoms with van der Waals surface area (Å²) < 4.78 is 28.5. The number of benzene rings is 2. The smallest absolute Gasteiger partial charge is 0.326 e. The first-order valence-corrected chi connectivity index (χ1v) is 16.1. The van der Waals surface area contributed by atoms with Crippen LogP contribution < -0.4 is 5.32 Å². The molecule has 2 bridgehead atoms. The van der Waals surface area contributed by atoms with Gasteiger partial charge in [0.2, 0.25) is 15.9 Å². The number of hydrogen-bond acceptors (Lipinski definition) is 5. The molecule has 5 rings (SSSR count). The van der Waals surface area contributed by atoms with Crippen molar-refractivity contribution in [3.8, 4) is 11.1 Å². The lowest BCUT2D eigenvalue weighted by Crippen LogP contribution is -2.52. The monoisotopic (exact) mass is 580 g/mol. The van der Waals surface area contributed by atoms with Crippen molar-refractivity contribution in [3.63, 3.8) is 0 Å². The number of fused-ring (bicyclic) bond motifs is 2. The number of carboxylic acid groups (broad SMARTS) is 1. The molecular formula is C32H40N2O6S. The van der Waals surface area contributed by atoms with Gasteiger partial charge in [-0.15, -0.1) is 0 Å². The number of hydrogen-bond donors (Lipinski definition) is 2. The number of Topliss-reactive ketones (excluding diaryl/α,β-unsaturated/α-hetero) is 1. The quantitative estimate of drug-likeness (QED) is 0.459. The Bertz CT molecular complexity index is 1430. The highest BCUT2D eigenvalue weighted by atomic mass is 32.2. The van der Waals surface area contributed by atoms with Crippen molar-refractivity contribution in [2.45, 2.75) is 65.3 Å². The highest BCUT2D eigenvalue weighted by Gasteiger charge is 2.65. The standard InChI is InChI=1S/C32H40N2O6S/c1-21-6-10-23(11-7-21)24-12-8-22(9-13-24)17-27(30(37)38)33-29(36)25-5-4-16-34(19-25)41(39,40)20-32-15-14-26(18-28(32)35)31(32,2)3/h6-13,25-27H,4-5,14-20H2,1-3H3,(H,33,36)(H,37,38)/t25?,26?,27-,32?/m0/s1. The fourth-order valence-corrected chi connectivity index (χ4v) is 9.52. The lowest BCUT2D eigenvalue weighted by Gasteiger charge is -2.39. The molecule has 41 heavy (non-hydrogen) atoms. The zero-order valence-electron chi connectivity index (χ0n) is 24.1. The normalized spacial score (nSPS) is 26.6. The van der Waals surface area contributed by atoms with Crippen molar-refractivity contribution in [1.29, 1.82) is 0 Å². The summed E-state index contributed by atoms with van der Waals surface area (Å²) in [7, 11) is -3.79. The van der Waals surface area contributed by atoms with Crippen molar-refractivity contribution in [2.24, 2.45) is 22.7 Å². The molecule has 2 N–H and O–H groups in total. The summed E-state index contributed by atoms with van der Waals surface area (Å²) in [6.45, 7) is 6.36. The van der Waals surface area contributed by atoms with Gasteiger partial charge < -0.3 is 10.4 Å². The molecule has 220 valence electrons. The van der Waals surface area contributed by atoms with E-state index in [1.54, 1.807) is 0 Å². The van der Waals surface area contributed by atoms with Gasteiger partial charge in [0.1, 0.15) is 11.8 Å². The molecule has 0 radical (unpaired) electrons. The average molecular weight is 581 g/mol. The van der Waals surface area contributed by atoms with Gasteiger partial charge in [-0.25, -0.2) is 17.5 Å². The van der Waals surface area contributed by atoms with Crippen LogP contribution in [0.15, 0.2) is 48.5 Å². The Morgan fingerprint density at radius 3 is 2.24 bits per heavy atom. The molecule has 0 aromatic heterocycles. The van der Waals surface area contributed by atoms with E-state index in [1.165, 1.54) is 9.87 Å². The van der Waals surface area contributed by atoms with Crippen LogP contribution in [0.4, 0.5) is 0 Å². The maximum Gasteiger partial charge on any atom is 0.326 e. The van der Waals surface area contributed by atoms with Gasteiger partial charge in [-0.2, -0.15) is 0 Å². The molecule has 3 unspecified atom stereocenters. The number of carbonyl (C=O) groups excluding carboxylic acids is 2. The van der Waals surface area contributed by atoms with Gasteiger partial charge in [-0.1, -0.05) is 67.9 Å². The Balaban J connectivity index is 1.23. The fourth-order valence-electron chi connectivity index (χ4n) is 7.22. The van der Waals surface area contributed by atoms with Crippen molar-refractivity contribution >= 4 is 27.7 Å². The molecule has 2 saturated carbocycles. The minimum Gasteiger partial charge on any atom is -0.480 e. The maximum atomic E-state index is 13.6. The second-order valence-corrected chi connectivity index (χ2v) is 14.8. The van der Waals surface area contributed by atoms with Crippen LogP contribution in [0.1, 0.15) is 57.1 Å². The second-order valence-electron chi connectivity index (χ2n) is 12.8. The molecule has 3 fully saturated rings. The van der Waals surface area contributed by atoms with Gasteiger partial charge >= 0.3 is 5.97 Å². The number of amides is 1. The third-order valence-electron chi connectivity index (χ3n) is 10.1. The van der Waals surface area contributed by atoms with Crippen molar-refractivity contribution in [3.05, 3.63) is 59.7 Å². The molecule has 1 aliphatic heterocycles. The van der Waals surface area contributed by atoms with E-state index in [4.69, 9.17) is 0 Å². The van der Waals surface area contributed by atoms with E-state index in [9.17, 15) is 27.9 Å². The number of sulfonamides is 1. The van der Waals surface area contributed by atoms with Crippen LogP contribution in [0.25, 0.3) is 11.1 Å². The molecule has 8 nitrogen and oxygen atoms in total. The molecule has 2 aliphatic carbocycles. The molecular weight excluding hydrogens is 540 g/mol. The molecule has 9 heteroatoms. The largest absolute Gasteiger partial charge is 0.480 e. The van der Waals surface area contributed by atoms with E-state index in [0.717, 1.165) is 23.1 Å². The van der Waals surface area contributed by atoms with Crippen LogP contribution in [0.5, 0.6) is 0 Å². The van der Waals surface area contributed by atoms with E-state index in [-0.39, 0.29) is 35.8 Å². The van der Waals surface area contributed by atoms with E-state index < -0.39 is 39.3 Å². The predicted molar refractivity (Wildman–Crippen MR) is 157 cm³/mol. The number of ketones is 1. The first kappa shape index (κ1) is 29.5. The summed E-state index contributed by atoms with van der Waals surface area (Å²) in [5, 5.41) is 12.5. The highest BCUT2D eigenvalue weighted by molar-refractivity contribution is 7.89. The van der Waals surface area contributed by atoms with Gasteiger partial charge in [-0.05, 0) is 60.6 Å². The summed E-state index contributed by atoms with van der Waals surface area (Å²) in [6.07, 6.45) is 3.00. The van der Waals surface area contributed by atoms with E-state index in [1.807, 2.05) is 69.3 Å². The molecule has 2 aromatic rings. The lowest BCUT2D eigenvalue weighted by molar-refractivity contribution is -0.142. The Morgan fingerprint density at radius 2 is 1.68 bits per heavy atom. The Morgan fingerprint density at radius 1 is 1.05 bits per heavy atom. The maximum absolute atomic E-state index is 13.6. The predicted octanol–water partition coefficient (Wildman–Crippen LogP) is 4.21. The first-order valence-electron chi connectivity index (χ1n) is 14.5. The zero-order valence-corrected chi connectivity index (χ0v) is 24.9. The van der Waals surface area contributed by atoms with E-state index in [2.05, 4.69) is 5.32 Å². The van der Waals surface area contributed by atoms with Gasteiger partial charge in [0, 0.05) is 31.3 Å². The molecule has 1 saturated heterocycles. The van der Waals surface area contributed by atoms with Crippen LogP contribution >= 0.6 is 0 Å². The van der Waals surface area contributed by atoms with E-state index >= 15 is 0 Å². The number of carboxylic acids is 1. The SMILES string of the molecule is Cc1ccc(-c2ccc(C[C@H](NC(=O)C3CCCN(S(=O)(=O)CC45CCC(CC4=O)C5(C)C)C3)C(=O)O)cc2)cc1. The summed E-state index contributed by atoms with van der Waals surface area (Å²) >= 11 is 0. The molecule has 3 aliphatic rings. The topological polar surface area (TPSA) is 121 Å². The van der Waals surface area contributed by atoms with Crippen molar-refractivity contribution < 1.29 is 27.9 Å². The minimum absolute atomic E-state index is 0.000119. The molecule has 0 spiro atoms. The van der Waals surface area contributed by atoms with Crippen molar-refractivity contribution in [2.75, 3.05) is 18.8 Å². The van der Waals surface area contributed by atoms with Crippen LogP contribution in [-0.2, 0) is 30.8 Å². The fraction of sp³-hybridized carbons (Fsp3) is 0.531. The first-order chi connectivity index (χ1) is 19.3. The Hall–Kier alpha value is -3.04. The number of rotatable bonds is 9. The number of aliphatic carboxylic acids is 1. The number of nitrogens with zero attached hydrogens (tertiary/aromatic N) is 1. The third-order valence-corrected chi connectivity index (χ3v) is 12.1. The number of piperidine rings is 1. The minimum atomic E-state index is -3.79. The van der Waals surface area contributed by atoms with Gasteiger partial charge in [0.25, 0.3) is 0 Å². The zero-order chi connectivity index (χ0) is 29.6. The van der Waals surface area contributed by atoms with Crippen LogP contribution in [0.2, 0.25) is 0 Å². The van der Waals surface area contributed by atoms with Crippen molar-refractivity contribution in [1.82, 2.24) is 9.62 Å². The van der Waals surface area contributed by atoms with Crippen LogP contribution in [0, 0.1) is 29.6 Å². The molecule has 1 heterocycles. The van der Waals surface area contributed by atoms with Gasteiger partial charge in [0.05, 0.1) is 11.7 Å². The lowest BCUT2D eigenvalue weighted by atomic mass is 9.70. The Kier molecular flexibility index (Phi) is 7.89. The summed E-state index contributed by atoms with van der Waals surface area (Å²) in [6, 6.07) is 14.6. The second kappa shape index (κ2) is 11.0. The summed E-state index contributed by atoms with van der Waals surface area (Å²) in [5.41, 5.74) is 2.80. The van der Waals surface area contributed by atoms with Crippen LogP contribution in [-0.4, -0.2) is 60.4 Å². The van der Waals surface area contributed by atoms with E-state index in [0.29, 0.717) is 32.2 Å². The number of nitrogens with one attached hydrogen (secondary N) is 1. The molecule has 2 aromatic carbocycles. The summed E-state index contributed by atoms with van der Waals surface area (Å²) in [5.74, 6) is -2.19. The highest BCUT2D eigenvalue weighted by Crippen LogP contribution is 2.64. The van der Waals surface area contributed by atoms with Gasteiger partial charge in [-0.3, -0.25) is 9.59 Å². The number of carbonyl (C=O) groups is 3. The molecule has 4 atom stereocenters. The molecule has 1 amide bonds. The summed E-state index contributed by atoms with van der Waals surface area (Å²) in [4.78, 5) is 38.2. The van der Waals surface area contributed by atoms with Gasteiger partial charge in [0.15, 0.2) is 0 Å². The average Bonchev–Trinajstić information content (AvgIpc) is 3.28.